The van der Waals surface area contributed by atoms with E-state index >= 15 is 0 Å². The summed E-state index contributed by atoms with van der Waals surface area (Å²) in [5.74, 6) is -0.372. The Kier molecular flexibility index (Phi) is 49.5. The predicted molar refractivity (Wildman–Crippen MR) is 261 cm³/mol. The highest BCUT2D eigenvalue weighted by Gasteiger charge is 2.26. The van der Waals surface area contributed by atoms with Crippen LogP contribution in [0.25, 0.3) is 0 Å². The van der Waals surface area contributed by atoms with Gasteiger partial charge in [0.15, 0.2) is 0 Å². The molecule has 0 aliphatic rings. The molecule has 0 heterocycles. The normalized spacial score (nSPS) is 13.7. The third kappa shape index (κ3) is 48.9. The molecule has 0 saturated heterocycles. The lowest BCUT2D eigenvalue weighted by atomic mass is 10.0. The molecule has 0 spiro atoms. The van der Waals surface area contributed by atoms with Gasteiger partial charge in [-0.15, -0.1) is 0 Å². The molecule has 62 heavy (non-hydrogen) atoms. The number of hydrogen-bond donors (Lipinski definition) is 3. The van der Waals surface area contributed by atoms with Crippen molar-refractivity contribution in [1.29, 1.82) is 0 Å². The van der Waals surface area contributed by atoms with E-state index in [1.54, 1.807) is 0 Å². The number of phosphoric acid groups is 1. The second-order valence-electron chi connectivity index (χ2n) is 18.6. The highest BCUT2D eigenvalue weighted by Crippen LogP contribution is 2.43. The zero-order valence-electron chi connectivity index (χ0n) is 41.1. The third-order valence-corrected chi connectivity index (χ3v) is 13.2. The minimum Gasteiger partial charge on any atom is -0.457 e. The molecule has 0 aliphatic heterocycles. The quantitative estimate of drug-likeness (QED) is 0.0310. The van der Waals surface area contributed by atoms with E-state index in [2.05, 4.69) is 13.8 Å². The Morgan fingerprint density at radius 1 is 0.435 bits per heavy atom. The van der Waals surface area contributed by atoms with Gasteiger partial charge in [-0.3, -0.25) is 13.8 Å². The number of hydrogen-bond acceptors (Lipinski definition) is 8. The van der Waals surface area contributed by atoms with E-state index in [0.29, 0.717) is 6.61 Å². The number of aliphatic hydroxyl groups is 2. The first kappa shape index (κ1) is 61.5. The van der Waals surface area contributed by atoms with Gasteiger partial charge < -0.3 is 24.6 Å². The third-order valence-electron chi connectivity index (χ3n) is 12.3. The molecule has 0 aromatic carbocycles. The first-order valence-corrected chi connectivity index (χ1v) is 28.5. The molecule has 0 rings (SSSR count). The van der Waals surface area contributed by atoms with E-state index in [1.807, 2.05) is 0 Å². The molecule has 0 amide bonds. The summed E-state index contributed by atoms with van der Waals surface area (Å²) in [6, 6.07) is 0. The van der Waals surface area contributed by atoms with Crippen LogP contribution in [0.2, 0.25) is 0 Å². The fraction of sp³-hybridized carbons (Fsp3) is 0.981. The number of esters is 1. The summed E-state index contributed by atoms with van der Waals surface area (Å²) in [5.41, 5.74) is 0. The molecule has 0 aromatic rings. The van der Waals surface area contributed by atoms with Crippen molar-refractivity contribution in [2.45, 2.75) is 296 Å². The number of aliphatic hydroxyl groups excluding tert-OH is 2. The van der Waals surface area contributed by atoms with Gasteiger partial charge in [0.2, 0.25) is 0 Å². The van der Waals surface area contributed by atoms with Crippen LogP contribution >= 0.6 is 7.82 Å². The lowest BCUT2D eigenvalue weighted by Gasteiger charge is -2.20. The van der Waals surface area contributed by atoms with Gasteiger partial charge >= 0.3 is 13.8 Å². The van der Waals surface area contributed by atoms with Crippen molar-refractivity contribution in [3.63, 3.8) is 0 Å². The van der Waals surface area contributed by atoms with Crippen LogP contribution in [0.1, 0.15) is 284 Å². The Morgan fingerprint density at radius 2 is 0.726 bits per heavy atom. The molecular weight excluding hydrogens is 800 g/mol. The van der Waals surface area contributed by atoms with Gasteiger partial charge in [-0.2, -0.15) is 0 Å². The summed E-state index contributed by atoms with van der Waals surface area (Å²) >= 11 is 0. The van der Waals surface area contributed by atoms with E-state index in [1.165, 1.54) is 231 Å². The molecule has 0 bridgehead atoms. The van der Waals surface area contributed by atoms with Gasteiger partial charge in [0.05, 0.1) is 26.4 Å². The summed E-state index contributed by atoms with van der Waals surface area (Å²) < 4.78 is 33.6. The summed E-state index contributed by atoms with van der Waals surface area (Å²) in [6.45, 7) is 3.61. The minimum atomic E-state index is -4.52. The van der Waals surface area contributed by atoms with Crippen molar-refractivity contribution in [3.05, 3.63) is 0 Å². The molecule has 0 aliphatic carbocycles. The van der Waals surface area contributed by atoms with Gasteiger partial charge in [0, 0.05) is 13.0 Å². The smallest absolute Gasteiger partial charge is 0.457 e. The van der Waals surface area contributed by atoms with Gasteiger partial charge in [0.1, 0.15) is 12.2 Å². The Hall–Kier alpha value is -0.540. The van der Waals surface area contributed by atoms with Crippen molar-refractivity contribution < 1.29 is 43.0 Å². The van der Waals surface area contributed by atoms with E-state index < -0.39 is 33.2 Å². The maximum atomic E-state index is 12.7. The highest BCUT2D eigenvalue weighted by molar-refractivity contribution is 7.47. The fourth-order valence-electron chi connectivity index (χ4n) is 8.18. The Labute approximate surface area is 384 Å². The van der Waals surface area contributed by atoms with Crippen molar-refractivity contribution in [1.82, 2.24) is 0 Å². The van der Waals surface area contributed by atoms with E-state index in [0.717, 1.165) is 32.1 Å². The highest BCUT2D eigenvalue weighted by atomic mass is 31.2. The number of rotatable bonds is 53. The number of phosphoric ester groups is 1. The van der Waals surface area contributed by atoms with Crippen LogP contribution < -0.4 is 0 Å². The van der Waals surface area contributed by atoms with Crippen molar-refractivity contribution in [3.8, 4) is 0 Å². The standard InChI is InChI=1S/C52H105O9P/c1-3-5-7-9-11-13-15-17-19-21-22-23-24-25-26-27-28-29-30-32-34-36-38-40-42-44-52(55)61-51(49-60-62(56,57)59-47-50(54)46-53)48-58-45-43-41-39-37-35-33-31-20-18-16-14-12-10-8-6-4-2/h50-51,53-54H,3-49H2,1-2H3,(H,56,57)/t50-,51+/m0/s1. The molecule has 3 N–H and O–H groups in total. The SMILES string of the molecule is CCCCCCCCCCCCCCCCCCCCCCCCCCCC(=O)O[C@H](COCCCCCCCCCCCCCCCCCC)COP(=O)(O)OC[C@@H](O)CO. The van der Waals surface area contributed by atoms with Gasteiger partial charge in [-0.05, 0) is 12.8 Å². The van der Waals surface area contributed by atoms with Crippen LogP contribution in [0.15, 0.2) is 0 Å². The van der Waals surface area contributed by atoms with Crippen LogP contribution in [-0.2, 0) is 27.9 Å². The van der Waals surface area contributed by atoms with Crippen LogP contribution in [-0.4, -0.2) is 66.3 Å². The summed E-state index contributed by atoms with van der Waals surface area (Å²) in [6.07, 6.45) is 52.2. The Morgan fingerprint density at radius 3 is 1.05 bits per heavy atom. The molecule has 0 saturated carbocycles. The Bertz CT molecular complexity index is 938. The lowest BCUT2D eigenvalue weighted by molar-refractivity contribution is -0.154. The fourth-order valence-corrected chi connectivity index (χ4v) is 8.97. The monoisotopic (exact) mass is 905 g/mol. The second kappa shape index (κ2) is 49.9. The molecule has 1 unspecified atom stereocenters. The zero-order valence-corrected chi connectivity index (χ0v) is 42.0. The van der Waals surface area contributed by atoms with Crippen LogP contribution in [0.3, 0.4) is 0 Å². The van der Waals surface area contributed by atoms with Gasteiger partial charge in [-0.1, -0.05) is 264 Å². The molecule has 0 radical (unpaired) electrons. The Balaban J connectivity index is 3.95. The summed E-state index contributed by atoms with van der Waals surface area (Å²) in [5, 5.41) is 18.4. The van der Waals surface area contributed by atoms with Crippen molar-refractivity contribution in [2.75, 3.05) is 33.0 Å². The summed E-state index contributed by atoms with van der Waals surface area (Å²) in [4.78, 5) is 22.7. The summed E-state index contributed by atoms with van der Waals surface area (Å²) in [7, 11) is -4.52. The zero-order chi connectivity index (χ0) is 45.3. The topological polar surface area (TPSA) is 132 Å². The van der Waals surface area contributed by atoms with Crippen molar-refractivity contribution in [2.24, 2.45) is 0 Å². The number of carbonyl (C=O) groups is 1. The van der Waals surface area contributed by atoms with Crippen molar-refractivity contribution >= 4 is 13.8 Å². The van der Waals surface area contributed by atoms with E-state index in [4.69, 9.17) is 23.6 Å². The first-order chi connectivity index (χ1) is 30.3. The maximum absolute atomic E-state index is 12.7. The maximum Gasteiger partial charge on any atom is 0.472 e. The largest absolute Gasteiger partial charge is 0.472 e. The molecule has 0 fully saturated rings. The molecular formula is C52H105O9P. The lowest BCUT2D eigenvalue weighted by Crippen LogP contribution is -2.29. The molecule has 3 atom stereocenters. The van der Waals surface area contributed by atoms with E-state index in [9.17, 15) is 19.4 Å². The number of carbonyl (C=O) groups excluding carboxylic acids is 1. The average Bonchev–Trinajstić information content (AvgIpc) is 3.26. The average molecular weight is 905 g/mol. The van der Waals surface area contributed by atoms with Gasteiger partial charge in [-0.25, -0.2) is 4.57 Å². The second-order valence-corrected chi connectivity index (χ2v) is 20.1. The molecule has 372 valence electrons. The van der Waals surface area contributed by atoms with Crippen LogP contribution in [0.4, 0.5) is 0 Å². The number of ether oxygens (including phenoxy) is 2. The number of unbranched alkanes of at least 4 members (excludes halogenated alkanes) is 39. The minimum absolute atomic E-state index is 0.0588. The van der Waals surface area contributed by atoms with Crippen LogP contribution in [0, 0.1) is 0 Å². The molecule has 9 nitrogen and oxygen atoms in total. The van der Waals surface area contributed by atoms with E-state index in [-0.39, 0.29) is 25.6 Å². The van der Waals surface area contributed by atoms with Crippen LogP contribution in [0.5, 0.6) is 0 Å². The molecule has 0 aromatic heterocycles. The molecule has 10 heteroatoms. The van der Waals surface area contributed by atoms with Gasteiger partial charge in [0.25, 0.3) is 0 Å². The predicted octanol–water partition coefficient (Wildman–Crippen LogP) is 15.8. The first-order valence-electron chi connectivity index (χ1n) is 27.0.